The minimum atomic E-state index is 0.643. The van der Waals surface area contributed by atoms with E-state index >= 15 is 0 Å². The lowest BCUT2D eigenvalue weighted by atomic mass is 10.0. The summed E-state index contributed by atoms with van der Waals surface area (Å²) in [5.41, 5.74) is 8.57. The number of para-hydroxylation sites is 2. The molecule has 0 saturated heterocycles. The SMILES string of the molecule is c1ccc(-c2ccc(-c3nc(-c4ccc5c(c4)sc4ccccc45)nc(-c4cccc5c4c4ccccc4n5-c4ccccc4)n3)cc2)cc1. The maximum atomic E-state index is 5.24. The Balaban J connectivity index is 1.20. The fraction of sp³-hybridized carbons (Fsp3) is 0. The molecule has 0 radical (unpaired) electrons. The van der Waals surface area contributed by atoms with Crippen LogP contribution in [0.2, 0.25) is 0 Å². The first kappa shape index (κ1) is 28.6. The molecule has 0 aliphatic carbocycles. The van der Waals surface area contributed by atoms with E-state index < -0.39 is 0 Å². The van der Waals surface area contributed by atoms with Gasteiger partial charge in [-0.3, -0.25) is 0 Å². The van der Waals surface area contributed by atoms with Crippen molar-refractivity contribution in [3.63, 3.8) is 0 Å². The van der Waals surface area contributed by atoms with Crippen LogP contribution in [0.4, 0.5) is 0 Å². The summed E-state index contributed by atoms with van der Waals surface area (Å²) in [5, 5.41) is 4.80. The number of benzene rings is 7. The summed E-state index contributed by atoms with van der Waals surface area (Å²) in [7, 11) is 0. The molecule has 4 nitrogen and oxygen atoms in total. The summed E-state index contributed by atoms with van der Waals surface area (Å²) in [4.78, 5) is 15.6. The third-order valence-corrected chi connectivity index (χ3v) is 10.6. The van der Waals surface area contributed by atoms with E-state index in [1.165, 1.54) is 25.7 Å². The number of thiophene rings is 1. The summed E-state index contributed by atoms with van der Waals surface area (Å²) < 4.78 is 4.82. The molecule has 7 aromatic carbocycles. The highest BCUT2D eigenvalue weighted by molar-refractivity contribution is 7.25. The van der Waals surface area contributed by atoms with Crippen molar-refractivity contribution in [2.24, 2.45) is 0 Å². The number of rotatable bonds is 5. The van der Waals surface area contributed by atoms with Crippen LogP contribution in [-0.2, 0) is 0 Å². The molecule has 0 fully saturated rings. The van der Waals surface area contributed by atoms with Gasteiger partial charge < -0.3 is 4.57 Å². The summed E-state index contributed by atoms with van der Waals surface area (Å²) in [6.45, 7) is 0. The number of fused-ring (bicyclic) bond motifs is 6. The predicted octanol–water partition coefficient (Wildman–Crippen LogP) is 12.0. The maximum Gasteiger partial charge on any atom is 0.164 e. The molecule has 0 aliphatic rings. The average Bonchev–Trinajstić information content (AvgIpc) is 3.74. The molecule has 234 valence electrons. The third-order valence-electron chi connectivity index (χ3n) is 9.48. The highest BCUT2D eigenvalue weighted by Crippen LogP contribution is 2.40. The molecule has 3 heterocycles. The van der Waals surface area contributed by atoms with Crippen LogP contribution in [0.3, 0.4) is 0 Å². The van der Waals surface area contributed by atoms with Crippen LogP contribution in [0.5, 0.6) is 0 Å². The Morgan fingerprint density at radius 2 is 0.960 bits per heavy atom. The highest BCUT2D eigenvalue weighted by Gasteiger charge is 2.20. The quantitative estimate of drug-likeness (QED) is 0.185. The second-order valence-corrected chi connectivity index (χ2v) is 13.5. The van der Waals surface area contributed by atoms with Crippen LogP contribution < -0.4 is 0 Å². The van der Waals surface area contributed by atoms with Gasteiger partial charge in [0.1, 0.15) is 0 Å². The van der Waals surface area contributed by atoms with Gasteiger partial charge in [-0.25, -0.2) is 15.0 Å². The maximum absolute atomic E-state index is 5.24. The van der Waals surface area contributed by atoms with Crippen LogP contribution in [0.1, 0.15) is 0 Å². The zero-order chi connectivity index (χ0) is 33.0. The first-order valence-electron chi connectivity index (χ1n) is 16.7. The van der Waals surface area contributed by atoms with Crippen LogP contribution in [0, 0.1) is 0 Å². The van der Waals surface area contributed by atoms with Crippen molar-refractivity contribution in [1.29, 1.82) is 0 Å². The van der Waals surface area contributed by atoms with Crippen LogP contribution >= 0.6 is 11.3 Å². The molecule has 0 spiro atoms. The molecule has 0 atom stereocenters. The lowest BCUT2D eigenvalue weighted by Gasteiger charge is -2.11. The van der Waals surface area contributed by atoms with Gasteiger partial charge in [-0.1, -0.05) is 133 Å². The van der Waals surface area contributed by atoms with Crippen molar-refractivity contribution in [3.8, 4) is 51.0 Å². The van der Waals surface area contributed by atoms with E-state index in [2.05, 4.69) is 168 Å². The zero-order valence-corrected chi connectivity index (χ0v) is 27.7. The highest BCUT2D eigenvalue weighted by atomic mass is 32.1. The van der Waals surface area contributed by atoms with Gasteiger partial charge in [-0.2, -0.15) is 0 Å². The van der Waals surface area contributed by atoms with Gasteiger partial charge in [0.15, 0.2) is 17.5 Å². The van der Waals surface area contributed by atoms with Gasteiger partial charge in [0.2, 0.25) is 0 Å². The lowest BCUT2D eigenvalue weighted by molar-refractivity contribution is 1.08. The van der Waals surface area contributed by atoms with Gasteiger partial charge in [-0.05, 0) is 47.5 Å². The summed E-state index contributed by atoms with van der Waals surface area (Å²) in [6, 6.07) is 59.7. The lowest BCUT2D eigenvalue weighted by Crippen LogP contribution is -2.00. The van der Waals surface area contributed by atoms with Gasteiger partial charge in [-0.15, -0.1) is 11.3 Å². The molecule has 0 N–H and O–H groups in total. The van der Waals surface area contributed by atoms with E-state index in [-0.39, 0.29) is 0 Å². The Bertz CT molecular complexity index is 2850. The first-order chi connectivity index (χ1) is 24.8. The van der Waals surface area contributed by atoms with Crippen LogP contribution in [0.15, 0.2) is 170 Å². The largest absolute Gasteiger partial charge is 0.309 e. The smallest absolute Gasteiger partial charge is 0.164 e. The minimum absolute atomic E-state index is 0.643. The van der Waals surface area contributed by atoms with E-state index in [4.69, 9.17) is 15.0 Å². The van der Waals surface area contributed by atoms with Crippen molar-refractivity contribution >= 4 is 53.3 Å². The second kappa shape index (κ2) is 11.6. The molecule has 0 amide bonds. The van der Waals surface area contributed by atoms with Crippen LogP contribution in [-0.4, -0.2) is 19.5 Å². The molecule has 0 aliphatic heterocycles. The Labute approximate surface area is 292 Å². The molecule has 10 rings (SSSR count). The summed E-state index contributed by atoms with van der Waals surface area (Å²) in [5.74, 6) is 1.94. The fourth-order valence-corrected chi connectivity index (χ4v) is 8.27. The normalized spacial score (nSPS) is 11.6. The average molecular weight is 657 g/mol. The van der Waals surface area contributed by atoms with Crippen molar-refractivity contribution in [3.05, 3.63) is 170 Å². The zero-order valence-electron chi connectivity index (χ0n) is 26.9. The van der Waals surface area contributed by atoms with Crippen molar-refractivity contribution in [2.45, 2.75) is 0 Å². The van der Waals surface area contributed by atoms with E-state index in [1.54, 1.807) is 11.3 Å². The topological polar surface area (TPSA) is 43.6 Å². The van der Waals surface area contributed by atoms with Crippen molar-refractivity contribution < 1.29 is 0 Å². The van der Waals surface area contributed by atoms with Crippen molar-refractivity contribution in [2.75, 3.05) is 0 Å². The first-order valence-corrected chi connectivity index (χ1v) is 17.5. The van der Waals surface area contributed by atoms with Gasteiger partial charge in [0.25, 0.3) is 0 Å². The predicted molar refractivity (Wildman–Crippen MR) is 209 cm³/mol. The number of aromatic nitrogens is 4. The van der Waals surface area contributed by atoms with Gasteiger partial charge >= 0.3 is 0 Å². The van der Waals surface area contributed by atoms with Crippen LogP contribution in [0.25, 0.3) is 93.0 Å². The molecular formula is C45H28N4S. The molecule has 50 heavy (non-hydrogen) atoms. The van der Waals surface area contributed by atoms with E-state index in [0.29, 0.717) is 17.5 Å². The Kier molecular flexibility index (Phi) is 6.64. The standard InChI is InChI=1S/C45H28N4S/c1-3-12-29(13-4-1)30-22-24-31(25-23-30)43-46-44(32-26-27-35-34-16-8-10-21-40(34)50-41(35)28-32)48-45(47-43)37-18-11-20-39-42(37)36-17-7-9-19-38(36)49(39)33-14-5-2-6-15-33/h1-28H. The van der Waals surface area contributed by atoms with E-state index in [1.807, 2.05) is 6.07 Å². The number of hydrogen-bond acceptors (Lipinski definition) is 4. The van der Waals surface area contributed by atoms with Gasteiger partial charge in [0.05, 0.1) is 11.0 Å². The Morgan fingerprint density at radius 1 is 0.380 bits per heavy atom. The Morgan fingerprint density at radius 3 is 1.78 bits per heavy atom. The molecule has 0 unspecified atom stereocenters. The third kappa shape index (κ3) is 4.71. The molecule has 0 bridgehead atoms. The van der Waals surface area contributed by atoms with Crippen molar-refractivity contribution in [1.82, 2.24) is 19.5 Å². The molecule has 0 saturated carbocycles. The Hall–Kier alpha value is -6.43. The summed E-state index contributed by atoms with van der Waals surface area (Å²) >= 11 is 1.80. The molecule has 10 aromatic rings. The molecule has 5 heteroatoms. The monoisotopic (exact) mass is 656 g/mol. The minimum Gasteiger partial charge on any atom is -0.309 e. The van der Waals surface area contributed by atoms with E-state index in [0.717, 1.165) is 49.7 Å². The van der Waals surface area contributed by atoms with E-state index in [9.17, 15) is 0 Å². The molecule has 3 aromatic heterocycles. The number of hydrogen-bond donors (Lipinski definition) is 0. The fourth-order valence-electron chi connectivity index (χ4n) is 7.12. The number of nitrogens with zero attached hydrogens (tertiary/aromatic N) is 4. The summed E-state index contributed by atoms with van der Waals surface area (Å²) in [6.07, 6.45) is 0. The van der Waals surface area contributed by atoms with Gasteiger partial charge in [0, 0.05) is 53.3 Å². The second-order valence-electron chi connectivity index (χ2n) is 12.4. The molecular weight excluding hydrogens is 629 g/mol.